The first-order chi connectivity index (χ1) is 10.7. The molecule has 1 aromatic carbocycles. The standard InChI is InChI=1S/C16H23N3O2S/c20-14-1-3-15(4-2-14)22-12-16(21)19-8-5-13(11-19)18-9-6-17-7-10-18/h1-4,13,17,20H,5-12H2. The molecule has 120 valence electrons. The molecule has 2 aliphatic rings. The molecule has 6 heteroatoms. The maximum absolute atomic E-state index is 12.3. The summed E-state index contributed by atoms with van der Waals surface area (Å²) in [4.78, 5) is 17.9. The molecule has 0 saturated carbocycles. The Hall–Kier alpha value is -1.24. The Morgan fingerprint density at radius 3 is 2.68 bits per heavy atom. The molecular formula is C16H23N3O2S. The third-order valence-electron chi connectivity index (χ3n) is 4.38. The van der Waals surface area contributed by atoms with Crippen molar-refractivity contribution in [2.45, 2.75) is 17.4 Å². The molecule has 0 radical (unpaired) electrons. The van der Waals surface area contributed by atoms with Gasteiger partial charge in [-0.2, -0.15) is 0 Å². The molecule has 1 aromatic rings. The number of rotatable bonds is 4. The van der Waals surface area contributed by atoms with Gasteiger partial charge in [-0.05, 0) is 30.7 Å². The second-order valence-corrected chi connectivity index (χ2v) is 6.90. The third kappa shape index (κ3) is 3.94. The highest BCUT2D eigenvalue weighted by Gasteiger charge is 2.30. The number of carbonyl (C=O) groups excluding carboxylic acids is 1. The minimum atomic E-state index is 0.218. The number of hydrogen-bond donors (Lipinski definition) is 2. The molecule has 22 heavy (non-hydrogen) atoms. The van der Waals surface area contributed by atoms with E-state index in [9.17, 15) is 9.90 Å². The van der Waals surface area contributed by atoms with Crippen LogP contribution < -0.4 is 5.32 Å². The number of phenolic OH excluding ortho intramolecular Hbond substituents is 1. The summed E-state index contributed by atoms with van der Waals surface area (Å²) >= 11 is 1.53. The number of nitrogens with zero attached hydrogens (tertiary/aromatic N) is 2. The van der Waals surface area contributed by atoms with E-state index in [1.165, 1.54) is 11.8 Å². The Morgan fingerprint density at radius 1 is 1.23 bits per heavy atom. The number of likely N-dealkylation sites (tertiary alicyclic amines) is 1. The Balaban J connectivity index is 1.45. The van der Waals surface area contributed by atoms with Crippen LogP contribution in [0.4, 0.5) is 0 Å². The fourth-order valence-corrected chi connectivity index (χ4v) is 3.89. The molecule has 0 aromatic heterocycles. The molecule has 5 nitrogen and oxygen atoms in total. The summed E-state index contributed by atoms with van der Waals surface area (Å²) in [7, 11) is 0. The summed E-state index contributed by atoms with van der Waals surface area (Å²) in [5, 5.41) is 12.6. The molecule has 1 amide bonds. The highest BCUT2D eigenvalue weighted by Crippen LogP contribution is 2.22. The number of aromatic hydroxyl groups is 1. The van der Waals surface area contributed by atoms with Crippen LogP contribution in [0.5, 0.6) is 5.75 Å². The number of phenols is 1. The minimum Gasteiger partial charge on any atom is -0.508 e. The van der Waals surface area contributed by atoms with Crippen molar-refractivity contribution in [3.05, 3.63) is 24.3 Å². The van der Waals surface area contributed by atoms with Crippen LogP contribution >= 0.6 is 11.8 Å². The molecular weight excluding hydrogens is 298 g/mol. The number of thioether (sulfide) groups is 1. The van der Waals surface area contributed by atoms with Gasteiger partial charge in [0.15, 0.2) is 0 Å². The molecule has 0 spiro atoms. The highest BCUT2D eigenvalue weighted by atomic mass is 32.2. The van der Waals surface area contributed by atoms with Crippen LogP contribution in [-0.4, -0.2) is 71.9 Å². The van der Waals surface area contributed by atoms with Crippen molar-refractivity contribution in [3.63, 3.8) is 0 Å². The molecule has 2 saturated heterocycles. The third-order valence-corrected chi connectivity index (χ3v) is 5.38. The van der Waals surface area contributed by atoms with Gasteiger partial charge < -0.3 is 15.3 Å². The Morgan fingerprint density at radius 2 is 1.95 bits per heavy atom. The monoisotopic (exact) mass is 321 g/mol. The lowest BCUT2D eigenvalue weighted by atomic mass is 10.2. The highest BCUT2D eigenvalue weighted by molar-refractivity contribution is 8.00. The second kappa shape index (κ2) is 7.35. The van der Waals surface area contributed by atoms with Gasteiger partial charge in [0.2, 0.25) is 5.91 Å². The van der Waals surface area contributed by atoms with Gasteiger partial charge in [0.1, 0.15) is 5.75 Å². The number of amides is 1. The molecule has 3 rings (SSSR count). The quantitative estimate of drug-likeness (QED) is 0.810. The van der Waals surface area contributed by atoms with Crippen molar-refractivity contribution in [2.24, 2.45) is 0 Å². The maximum atomic E-state index is 12.3. The number of hydrogen-bond acceptors (Lipinski definition) is 5. The van der Waals surface area contributed by atoms with Crippen molar-refractivity contribution in [1.29, 1.82) is 0 Å². The molecule has 2 aliphatic heterocycles. The van der Waals surface area contributed by atoms with Crippen LogP contribution in [0.2, 0.25) is 0 Å². The second-order valence-electron chi connectivity index (χ2n) is 5.85. The number of benzene rings is 1. The van der Waals surface area contributed by atoms with Crippen molar-refractivity contribution in [1.82, 2.24) is 15.1 Å². The van der Waals surface area contributed by atoms with Crippen molar-refractivity contribution >= 4 is 17.7 Å². The fourth-order valence-electron chi connectivity index (χ4n) is 3.09. The van der Waals surface area contributed by atoms with Gasteiger partial charge in [-0.15, -0.1) is 11.8 Å². The van der Waals surface area contributed by atoms with Crippen LogP contribution in [0.1, 0.15) is 6.42 Å². The van der Waals surface area contributed by atoms with Gasteiger partial charge in [-0.3, -0.25) is 9.69 Å². The molecule has 2 N–H and O–H groups in total. The average Bonchev–Trinajstić information content (AvgIpc) is 3.05. The fraction of sp³-hybridized carbons (Fsp3) is 0.562. The van der Waals surface area contributed by atoms with E-state index in [4.69, 9.17) is 0 Å². The average molecular weight is 321 g/mol. The van der Waals surface area contributed by atoms with Crippen LogP contribution in [0, 0.1) is 0 Å². The van der Waals surface area contributed by atoms with Gasteiger partial charge in [-0.25, -0.2) is 0 Å². The zero-order chi connectivity index (χ0) is 15.4. The van der Waals surface area contributed by atoms with Gasteiger partial charge in [0.25, 0.3) is 0 Å². The molecule has 0 aliphatic carbocycles. The van der Waals surface area contributed by atoms with E-state index in [2.05, 4.69) is 10.2 Å². The molecule has 2 heterocycles. The zero-order valence-corrected chi connectivity index (χ0v) is 13.5. The van der Waals surface area contributed by atoms with Crippen molar-refractivity contribution < 1.29 is 9.90 Å². The van der Waals surface area contributed by atoms with E-state index in [0.717, 1.165) is 50.6 Å². The van der Waals surface area contributed by atoms with Crippen LogP contribution in [0.3, 0.4) is 0 Å². The summed E-state index contributed by atoms with van der Waals surface area (Å²) in [5.41, 5.74) is 0. The molecule has 1 atom stereocenters. The zero-order valence-electron chi connectivity index (χ0n) is 12.7. The van der Waals surface area contributed by atoms with Gasteiger partial charge in [-0.1, -0.05) is 0 Å². The van der Waals surface area contributed by atoms with Crippen LogP contribution in [-0.2, 0) is 4.79 Å². The SMILES string of the molecule is O=C(CSc1ccc(O)cc1)N1CCC(N2CCNCC2)C1. The topological polar surface area (TPSA) is 55.8 Å². The first-order valence-electron chi connectivity index (χ1n) is 7.87. The Kier molecular flexibility index (Phi) is 5.23. The summed E-state index contributed by atoms with van der Waals surface area (Å²) in [6.07, 6.45) is 1.09. The van der Waals surface area contributed by atoms with E-state index in [-0.39, 0.29) is 11.7 Å². The number of piperazine rings is 1. The van der Waals surface area contributed by atoms with Gasteiger partial charge in [0, 0.05) is 50.2 Å². The lowest BCUT2D eigenvalue weighted by Gasteiger charge is -2.32. The summed E-state index contributed by atoms with van der Waals surface area (Å²) in [6, 6.07) is 7.54. The molecule has 1 unspecified atom stereocenters. The largest absolute Gasteiger partial charge is 0.508 e. The first kappa shape index (κ1) is 15.6. The van der Waals surface area contributed by atoms with Gasteiger partial charge in [0.05, 0.1) is 5.75 Å². The Bertz CT molecular complexity index is 503. The minimum absolute atomic E-state index is 0.218. The lowest BCUT2D eigenvalue weighted by molar-refractivity contribution is -0.127. The van der Waals surface area contributed by atoms with Crippen LogP contribution in [0.25, 0.3) is 0 Å². The summed E-state index contributed by atoms with van der Waals surface area (Å²) in [6.45, 7) is 6.05. The normalized spacial score (nSPS) is 22.9. The van der Waals surface area contributed by atoms with E-state index in [1.54, 1.807) is 12.1 Å². The summed E-state index contributed by atoms with van der Waals surface area (Å²) in [5.74, 6) is 0.948. The number of carbonyl (C=O) groups is 1. The van der Waals surface area contributed by atoms with E-state index in [1.807, 2.05) is 17.0 Å². The van der Waals surface area contributed by atoms with E-state index < -0.39 is 0 Å². The van der Waals surface area contributed by atoms with Crippen molar-refractivity contribution in [2.75, 3.05) is 45.0 Å². The lowest BCUT2D eigenvalue weighted by Crippen LogP contribution is -2.49. The maximum Gasteiger partial charge on any atom is 0.232 e. The van der Waals surface area contributed by atoms with E-state index in [0.29, 0.717) is 11.8 Å². The van der Waals surface area contributed by atoms with E-state index >= 15 is 0 Å². The number of nitrogens with one attached hydrogen (secondary N) is 1. The van der Waals surface area contributed by atoms with Gasteiger partial charge >= 0.3 is 0 Å². The predicted octanol–water partition coefficient (Wildman–Crippen LogP) is 0.990. The predicted molar refractivity (Wildman–Crippen MR) is 88.3 cm³/mol. The molecule has 0 bridgehead atoms. The molecule has 2 fully saturated rings. The smallest absolute Gasteiger partial charge is 0.232 e. The van der Waals surface area contributed by atoms with Crippen molar-refractivity contribution in [3.8, 4) is 5.75 Å². The summed E-state index contributed by atoms with van der Waals surface area (Å²) < 4.78 is 0. The van der Waals surface area contributed by atoms with Crippen LogP contribution in [0.15, 0.2) is 29.2 Å². The Labute approximate surface area is 135 Å². The first-order valence-corrected chi connectivity index (χ1v) is 8.85.